The third kappa shape index (κ3) is 5.69. The van der Waals surface area contributed by atoms with Crippen LogP contribution in [0, 0.1) is 5.92 Å². The number of aromatic nitrogens is 1. The Bertz CT molecular complexity index is 602. The Morgan fingerprint density at radius 3 is 2.81 bits per heavy atom. The van der Waals surface area contributed by atoms with Gasteiger partial charge in [-0.15, -0.1) is 0 Å². The van der Waals surface area contributed by atoms with E-state index in [1.54, 1.807) is 0 Å². The minimum Gasteiger partial charge on any atom is -0.369 e. The summed E-state index contributed by atoms with van der Waals surface area (Å²) in [4.78, 5) is 8.38. The molecule has 0 spiro atoms. The summed E-state index contributed by atoms with van der Waals surface area (Å²) in [7, 11) is 0. The normalized spacial score (nSPS) is 25.0. The number of rotatable bonds is 6. The van der Waals surface area contributed by atoms with E-state index in [1.807, 2.05) is 27.9 Å². The van der Waals surface area contributed by atoms with Crippen molar-refractivity contribution >= 4 is 28.7 Å². The van der Waals surface area contributed by atoms with Gasteiger partial charge in [0.25, 0.3) is 0 Å². The molecule has 2 aliphatic heterocycles. The standard InChI is InChI=1S/C19H27F3IN3O/c20-19(21,22)17-6-8-24-12-18(17)26-10-3-4-15(14-26)13-25-9-2-1-5-16(25)7-11-27-23/h6,8,12,15-16H,1-5,7,9-11,13-14H2/t15-,16+/m1/s1. The van der Waals surface area contributed by atoms with Gasteiger partial charge in [-0.05, 0) is 50.6 Å². The van der Waals surface area contributed by atoms with Crippen LogP contribution >= 0.6 is 23.0 Å². The molecule has 2 saturated heterocycles. The van der Waals surface area contributed by atoms with Gasteiger partial charge >= 0.3 is 6.18 Å². The molecule has 0 aliphatic carbocycles. The topological polar surface area (TPSA) is 28.6 Å². The number of hydrogen-bond donors (Lipinski definition) is 0. The van der Waals surface area contributed by atoms with Gasteiger partial charge in [0.1, 0.15) is 23.0 Å². The summed E-state index contributed by atoms with van der Waals surface area (Å²) in [6, 6.07) is 1.62. The van der Waals surface area contributed by atoms with Crippen LogP contribution in [-0.4, -0.2) is 48.7 Å². The molecule has 152 valence electrons. The van der Waals surface area contributed by atoms with E-state index < -0.39 is 11.7 Å². The Morgan fingerprint density at radius 2 is 2.04 bits per heavy atom. The molecular formula is C19H27F3IN3O. The molecule has 3 rings (SSSR count). The molecule has 8 heteroatoms. The van der Waals surface area contributed by atoms with Gasteiger partial charge < -0.3 is 7.97 Å². The first kappa shape index (κ1) is 21.1. The molecule has 3 heterocycles. The maximum Gasteiger partial charge on any atom is 0.418 e. The average Bonchev–Trinajstić information content (AvgIpc) is 2.67. The molecule has 0 N–H and O–H groups in total. The number of piperidine rings is 2. The lowest BCUT2D eigenvalue weighted by molar-refractivity contribution is -0.137. The van der Waals surface area contributed by atoms with Gasteiger partial charge in [0.2, 0.25) is 0 Å². The molecule has 0 saturated carbocycles. The van der Waals surface area contributed by atoms with Crippen molar-refractivity contribution in [2.45, 2.75) is 50.7 Å². The van der Waals surface area contributed by atoms with Crippen molar-refractivity contribution < 1.29 is 16.2 Å². The highest BCUT2D eigenvalue weighted by Gasteiger charge is 2.36. The Balaban J connectivity index is 1.66. The molecule has 1 aromatic rings. The summed E-state index contributed by atoms with van der Waals surface area (Å²) < 4.78 is 45.3. The maximum absolute atomic E-state index is 13.4. The highest BCUT2D eigenvalue weighted by Crippen LogP contribution is 2.37. The summed E-state index contributed by atoms with van der Waals surface area (Å²) in [5.74, 6) is 0.390. The molecule has 2 atom stereocenters. The number of halogens is 4. The van der Waals surface area contributed by atoms with E-state index in [4.69, 9.17) is 3.07 Å². The van der Waals surface area contributed by atoms with E-state index >= 15 is 0 Å². The quantitative estimate of drug-likeness (QED) is 0.522. The minimum absolute atomic E-state index is 0.225. The van der Waals surface area contributed by atoms with Crippen molar-refractivity contribution in [3.8, 4) is 0 Å². The van der Waals surface area contributed by atoms with Gasteiger partial charge in [-0.2, -0.15) is 13.2 Å². The second kappa shape index (κ2) is 9.73. The first-order valence-corrected chi connectivity index (χ1v) is 10.6. The Hall–Kier alpha value is -0.610. The second-order valence-electron chi connectivity index (χ2n) is 7.59. The van der Waals surface area contributed by atoms with Crippen molar-refractivity contribution in [2.75, 3.05) is 37.7 Å². The molecule has 0 amide bonds. The number of anilines is 1. The van der Waals surface area contributed by atoms with Crippen molar-refractivity contribution in [3.05, 3.63) is 24.0 Å². The van der Waals surface area contributed by atoms with Crippen LogP contribution in [-0.2, 0) is 9.24 Å². The summed E-state index contributed by atoms with van der Waals surface area (Å²) in [5.41, 5.74) is -0.351. The van der Waals surface area contributed by atoms with Crippen LogP contribution in [0.25, 0.3) is 0 Å². The highest BCUT2D eigenvalue weighted by molar-refractivity contribution is 14.1. The zero-order chi connectivity index (χ0) is 19.3. The van der Waals surface area contributed by atoms with E-state index in [2.05, 4.69) is 9.88 Å². The molecule has 0 aromatic carbocycles. The summed E-state index contributed by atoms with van der Waals surface area (Å²) in [6.45, 7) is 4.13. The van der Waals surface area contributed by atoms with E-state index in [9.17, 15) is 13.2 Å². The SMILES string of the molecule is FC(F)(F)c1ccncc1N1CCC[C@H](CN2CCCC[C@H]2CCOI)C1. The van der Waals surface area contributed by atoms with Gasteiger partial charge in [0.15, 0.2) is 0 Å². The molecule has 2 fully saturated rings. The molecule has 0 unspecified atom stereocenters. The number of nitrogens with zero attached hydrogens (tertiary/aromatic N) is 3. The molecule has 2 aliphatic rings. The van der Waals surface area contributed by atoms with Crippen LogP contribution in [0.2, 0.25) is 0 Å². The minimum atomic E-state index is -4.34. The predicted molar refractivity (Wildman–Crippen MR) is 108 cm³/mol. The van der Waals surface area contributed by atoms with Gasteiger partial charge in [-0.3, -0.25) is 9.88 Å². The summed E-state index contributed by atoms with van der Waals surface area (Å²) >= 11 is 1.94. The molecule has 0 bridgehead atoms. The maximum atomic E-state index is 13.4. The third-order valence-electron chi connectivity index (χ3n) is 5.74. The van der Waals surface area contributed by atoms with Crippen LogP contribution in [0.4, 0.5) is 18.9 Å². The Kier molecular flexibility index (Phi) is 7.61. The summed E-state index contributed by atoms with van der Waals surface area (Å²) in [6.07, 6.45) is 4.92. The molecule has 0 radical (unpaired) electrons. The van der Waals surface area contributed by atoms with E-state index in [0.29, 0.717) is 25.0 Å². The number of pyridine rings is 1. The van der Waals surface area contributed by atoms with E-state index in [-0.39, 0.29) is 5.69 Å². The first-order chi connectivity index (χ1) is 13.0. The van der Waals surface area contributed by atoms with Crippen LogP contribution in [0.15, 0.2) is 18.5 Å². The van der Waals surface area contributed by atoms with Gasteiger partial charge in [0, 0.05) is 31.9 Å². The van der Waals surface area contributed by atoms with Crippen molar-refractivity contribution in [1.82, 2.24) is 9.88 Å². The number of likely N-dealkylation sites (tertiary alicyclic amines) is 1. The summed E-state index contributed by atoms with van der Waals surface area (Å²) in [5, 5.41) is 0. The zero-order valence-electron chi connectivity index (χ0n) is 15.4. The van der Waals surface area contributed by atoms with Crippen molar-refractivity contribution in [3.63, 3.8) is 0 Å². The lowest BCUT2D eigenvalue weighted by Crippen LogP contribution is -2.47. The van der Waals surface area contributed by atoms with Gasteiger partial charge in [-0.1, -0.05) is 6.42 Å². The van der Waals surface area contributed by atoms with Crippen molar-refractivity contribution in [1.29, 1.82) is 0 Å². The fraction of sp³-hybridized carbons (Fsp3) is 0.737. The second-order valence-corrected chi connectivity index (χ2v) is 8.21. The first-order valence-electron chi connectivity index (χ1n) is 9.72. The zero-order valence-corrected chi connectivity index (χ0v) is 17.6. The third-order valence-corrected chi connectivity index (χ3v) is 6.18. The predicted octanol–water partition coefficient (Wildman–Crippen LogP) is 4.93. The monoisotopic (exact) mass is 497 g/mol. The van der Waals surface area contributed by atoms with Crippen LogP contribution in [0.3, 0.4) is 0 Å². The van der Waals surface area contributed by atoms with Gasteiger partial charge in [0.05, 0.1) is 24.1 Å². The number of hydrogen-bond acceptors (Lipinski definition) is 4. The largest absolute Gasteiger partial charge is 0.418 e. The van der Waals surface area contributed by atoms with Crippen LogP contribution in [0.1, 0.15) is 44.1 Å². The molecule has 1 aromatic heterocycles. The molecule has 27 heavy (non-hydrogen) atoms. The molecule has 4 nitrogen and oxygen atoms in total. The lowest BCUT2D eigenvalue weighted by Gasteiger charge is -2.41. The van der Waals surface area contributed by atoms with Crippen molar-refractivity contribution in [2.24, 2.45) is 5.92 Å². The fourth-order valence-electron chi connectivity index (χ4n) is 4.45. The van der Waals surface area contributed by atoms with Gasteiger partial charge in [-0.25, -0.2) is 0 Å². The lowest BCUT2D eigenvalue weighted by atomic mass is 9.93. The average molecular weight is 497 g/mol. The Labute approximate surface area is 173 Å². The van der Waals surface area contributed by atoms with Crippen LogP contribution in [0.5, 0.6) is 0 Å². The Morgan fingerprint density at radius 1 is 1.19 bits per heavy atom. The number of alkyl halides is 3. The van der Waals surface area contributed by atoms with E-state index in [1.165, 1.54) is 31.7 Å². The molecular weight excluding hydrogens is 470 g/mol. The smallest absolute Gasteiger partial charge is 0.369 e. The van der Waals surface area contributed by atoms with E-state index in [0.717, 1.165) is 45.0 Å². The fourth-order valence-corrected chi connectivity index (χ4v) is 4.70. The van der Waals surface area contributed by atoms with Crippen LogP contribution < -0.4 is 4.90 Å². The highest BCUT2D eigenvalue weighted by atomic mass is 127.